The van der Waals surface area contributed by atoms with Gasteiger partial charge in [-0.25, -0.2) is 4.79 Å². The second-order valence-corrected chi connectivity index (χ2v) is 6.97. The van der Waals surface area contributed by atoms with E-state index >= 15 is 0 Å². The first-order valence-corrected chi connectivity index (χ1v) is 9.44. The lowest BCUT2D eigenvalue weighted by molar-refractivity contribution is -0.384. The van der Waals surface area contributed by atoms with Crippen LogP contribution < -0.4 is 4.90 Å². The molecule has 0 unspecified atom stereocenters. The average molecular weight is 397 g/mol. The summed E-state index contributed by atoms with van der Waals surface area (Å²) in [5.74, 6) is -1.12. The number of carbonyl (C=O) groups is 2. The molecule has 1 saturated heterocycles. The SMILES string of the molecule is CN(Cc1ccccc1)C(=O)COC(=O)c1ccc(N2CCCC2)c([N+](=O)[O-])c1. The number of nitro groups is 1. The van der Waals surface area contributed by atoms with Gasteiger partial charge in [0.2, 0.25) is 0 Å². The van der Waals surface area contributed by atoms with E-state index in [1.807, 2.05) is 35.2 Å². The number of esters is 1. The van der Waals surface area contributed by atoms with Gasteiger partial charge in [-0.05, 0) is 30.5 Å². The van der Waals surface area contributed by atoms with Crippen LogP contribution in [0, 0.1) is 10.1 Å². The Morgan fingerprint density at radius 2 is 1.83 bits per heavy atom. The first-order valence-electron chi connectivity index (χ1n) is 9.44. The van der Waals surface area contributed by atoms with Gasteiger partial charge in [0, 0.05) is 32.7 Å². The van der Waals surface area contributed by atoms with Crippen LogP contribution in [0.25, 0.3) is 0 Å². The molecule has 0 radical (unpaired) electrons. The molecule has 0 saturated carbocycles. The number of likely N-dealkylation sites (N-methyl/N-ethyl adjacent to an activating group) is 1. The van der Waals surface area contributed by atoms with E-state index in [4.69, 9.17) is 4.74 Å². The quantitative estimate of drug-likeness (QED) is 0.405. The molecule has 1 fully saturated rings. The summed E-state index contributed by atoms with van der Waals surface area (Å²) in [5, 5.41) is 11.4. The molecule has 2 aromatic rings. The Kier molecular flexibility index (Phi) is 6.43. The predicted molar refractivity (Wildman–Crippen MR) is 108 cm³/mol. The Bertz CT molecular complexity index is 894. The van der Waals surface area contributed by atoms with Gasteiger partial charge in [-0.2, -0.15) is 0 Å². The summed E-state index contributed by atoms with van der Waals surface area (Å²) in [6.45, 7) is 1.48. The highest BCUT2D eigenvalue weighted by molar-refractivity contribution is 5.93. The summed E-state index contributed by atoms with van der Waals surface area (Å²) in [4.78, 5) is 38.9. The van der Waals surface area contributed by atoms with Crippen molar-refractivity contribution < 1.29 is 19.2 Å². The van der Waals surface area contributed by atoms with Crippen LogP contribution in [0.4, 0.5) is 11.4 Å². The summed E-state index contributed by atoms with van der Waals surface area (Å²) in [6.07, 6.45) is 1.97. The summed E-state index contributed by atoms with van der Waals surface area (Å²) >= 11 is 0. The second-order valence-electron chi connectivity index (χ2n) is 6.97. The molecule has 29 heavy (non-hydrogen) atoms. The number of amides is 1. The minimum absolute atomic E-state index is 0.0539. The summed E-state index contributed by atoms with van der Waals surface area (Å²) in [5.41, 5.74) is 1.39. The van der Waals surface area contributed by atoms with Crippen molar-refractivity contribution in [3.05, 3.63) is 69.8 Å². The number of rotatable bonds is 7. The number of nitro benzene ring substituents is 1. The van der Waals surface area contributed by atoms with Crippen molar-refractivity contribution in [2.24, 2.45) is 0 Å². The van der Waals surface area contributed by atoms with Crippen LogP contribution in [-0.4, -0.2) is 48.4 Å². The lowest BCUT2D eigenvalue weighted by atomic mass is 10.1. The highest BCUT2D eigenvalue weighted by atomic mass is 16.6. The van der Waals surface area contributed by atoms with Crippen molar-refractivity contribution in [2.45, 2.75) is 19.4 Å². The standard InChI is InChI=1S/C21H23N3O5/c1-22(14-16-7-3-2-4-8-16)20(25)15-29-21(26)17-9-10-18(19(13-17)24(27)28)23-11-5-6-12-23/h2-4,7-10,13H,5-6,11-12,14-15H2,1H3. The van der Waals surface area contributed by atoms with Gasteiger partial charge < -0.3 is 14.5 Å². The van der Waals surface area contributed by atoms with Crippen LogP contribution in [0.15, 0.2) is 48.5 Å². The molecule has 1 aliphatic heterocycles. The number of benzene rings is 2. The van der Waals surface area contributed by atoms with E-state index in [1.165, 1.54) is 17.0 Å². The molecule has 1 heterocycles. The molecule has 0 aromatic heterocycles. The molecule has 8 heteroatoms. The van der Waals surface area contributed by atoms with E-state index in [1.54, 1.807) is 13.1 Å². The largest absolute Gasteiger partial charge is 0.452 e. The third kappa shape index (κ3) is 5.10. The first-order chi connectivity index (χ1) is 14.0. The zero-order chi connectivity index (χ0) is 20.8. The molecule has 0 spiro atoms. The third-order valence-corrected chi connectivity index (χ3v) is 4.87. The maximum atomic E-state index is 12.3. The number of hydrogen-bond acceptors (Lipinski definition) is 6. The molecule has 1 amide bonds. The molecular formula is C21H23N3O5. The maximum absolute atomic E-state index is 12.3. The maximum Gasteiger partial charge on any atom is 0.338 e. The van der Waals surface area contributed by atoms with Gasteiger partial charge in [-0.15, -0.1) is 0 Å². The number of carbonyl (C=O) groups excluding carboxylic acids is 2. The van der Waals surface area contributed by atoms with Gasteiger partial charge in [-0.3, -0.25) is 14.9 Å². The van der Waals surface area contributed by atoms with E-state index in [-0.39, 0.29) is 17.2 Å². The molecule has 0 aliphatic carbocycles. The monoisotopic (exact) mass is 397 g/mol. The third-order valence-electron chi connectivity index (χ3n) is 4.87. The zero-order valence-corrected chi connectivity index (χ0v) is 16.2. The lowest BCUT2D eigenvalue weighted by Crippen LogP contribution is -2.30. The Hall–Kier alpha value is -3.42. The van der Waals surface area contributed by atoms with E-state index in [2.05, 4.69) is 0 Å². The molecular weight excluding hydrogens is 374 g/mol. The second kappa shape index (κ2) is 9.18. The van der Waals surface area contributed by atoms with Crippen molar-refractivity contribution in [3.63, 3.8) is 0 Å². The first kappa shape index (κ1) is 20.3. The van der Waals surface area contributed by atoms with Crippen LogP contribution in [0.2, 0.25) is 0 Å². The molecule has 0 N–H and O–H groups in total. The van der Waals surface area contributed by atoms with E-state index in [0.29, 0.717) is 12.2 Å². The van der Waals surface area contributed by atoms with Crippen molar-refractivity contribution in [1.82, 2.24) is 4.90 Å². The Morgan fingerprint density at radius 1 is 1.14 bits per heavy atom. The Balaban J connectivity index is 1.62. The fourth-order valence-electron chi connectivity index (χ4n) is 3.29. The number of hydrogen-bond donors (Lipinski definition) is 0. The van der Waals surface area contributed by atoms with Crippen LogP contribution >= 0.6 is 0 Å². The summed E-state index contributed by atoms with van der Waals surface area (Å²) in [6, 6.07) is 13.7. The van der Waals surface area contributed by atoms with E-state index in [0.717, 1.165) is 31.5 Å². The highest BCUT2D eigenvalue weighted by Crippen LogP contribution is 2.31. The van der Waals surface area contributed by atoms with Crippen LogP contribution in [-0.2, 0) is 16.1 Å². The minimum Gasteiger partial charge on any atom is -0.452 e. The van der Waals surface area contributed by atoms with Gasteiger partial charge in [0.1, 0.15) is 5.69 Å². The van der Waals surface area contributed by atoms with Gasteiger partial charge in [0.15, 0.2) is 6.61 Å². The fraction of sp³-hybridized carbons (Fsp3) is 0.333. The number of anilines is 1. The number of nitrogens with zero attached hydrogens (tertiary/aromatic N) is 3. The molecule has 152 valence electrons. The topological polar surface area (TPSA) is 93.0 Å². The molecule has 2 aromatic carbocycles. The van der Waals surface area contributed by atoms with Crippen molar-refractivity contribution >= 4 is 23.3 Å². The van der Waals surface area contributed by atoms with Gasteiger partial charge in [0.25, 0.3) is 11.6 Å². The van der Waals surface area contributed by atoms with Crippen molar-refractivity contribution in [2.75, 3.05) is 31.6 Å². The zero-order valence-electron chi connectivity index (χ0n) is 16.2. The molecule has 0 bridgehead atoms. The normalized spacial score (nSPS) is 13.2. The molecule has 1 aliphatic rings. The molecule has 8 nitrogen and oxygen atoms in total. The van der Waals surface area contributed by atoms with Crippen LogP contribution in [0.3, 0.4) is 0 Å². The van der Waals surface area contributed by atoms with Crippen molar-refractivity contribution in [3.8, 4) is 0 Å². The highest BCUT2D eigenvalue weighted by Gasteiger charge is 2.24. The average Bonchev–Trinajstić information content (AvgIpc) is 3.26. The van der Waals surface area contributed by atoms with E-state index in [9.17, 15) is 19.7 Å². The van der Waals surface area contributed by atoms with Crippen LogP contribution in [0.5, 0.6) is 0 Å². The Labute approximate surface area is 168 Å². The van der Waals surface area contributed by atoms with Gasteiger partial charge in [-0.1, -0.05) is 30.3 Å². The summed E-state index contributed by atoms with van der Waals surface area (Å²) in [7, 11) is 1.62. The van der Waals surface area contributed by atoms with E-state index < -0.39 is 17.5 Å². The van der Waals surface area contributed by atoms with Crippen LogP contribution in [0.1, 0.15) is 28.8 Å². The molecule has 3 rings (SSSR count). The van der Waals surface area contributed by atoms with Crippen molar-refractivity contribution in [1.29, 1.82) is 0 Å². The fourth-order valence-corrected chi connectivity index (χ4v) is 3.29. The minimum atomic E-state index is -0.762. The van der Waals surface area contributed by atoms with Gasteiger partial charge >= 0.3 is 5.97 Å². The molecule has 0 atom stereocenters. The summed E-state index contributed by atoms with van der Waals surface area (Å²) < 4.78 is 5.08. The lowest BCUT2D eigenvalue weighted by Gasteiger charge is -2.18. The Morgan fingerprint density at radius 3 is 2.48 bits per heavy atom. The predicted octanol–water partition coefficient (Wildman–Crippen LogP) is 3.01. The van der Waals surface area contributed by atoms with Gasteiger partial charge in [0.05, 0.1) is 10.5 Å². The smallest absolute Gasteiger partial charge is 0.338 e. The number of ether oxygens (including phenoxy) is 1.